The van der Waals surface area contributed by atoms with Crippen LogP contribution in [0.15, 0.2) is 36.0 Å². The molecule has 0 amide bonds. The zero-order valence-corrected chi connectivity index (χ0v) is 10.2. The Morgan fingerprint density at radius 3 is 2.94 bits per heavy atom. The Morgan fingerprint density at radius 1 is 1.17 bits per heavy atom. The van der Waals surface area contributed by atoms with Gasteiger partial charge in [-0.05, 0) is 11.6 Å². The molecular weight excluding hydrogens is 248 g/mol. The molecule has 3 N–H and O–H groups in total. The quantitative estimate of drug-likeness (QED) is 0.547. The maximum absolute atomic E-state index is 5.54. The molecule has 0 saturated heterocycles. The SMILES string of the molecule is Nc1ccc(CSc2ncnc3nc[nH]c23)cn1. The molecule has 0 radical (unpaired) electrons. The molecule has 0 aliphatic heterocycles. The second-order valence-corrected chi connectivity index (χ2v) is 4.62. The lowest BCUT2D eigenvalue weighted by Gasteiger charge is -2.02. The zero-order valence-electron chi connectivity index (χ0n) is 9.37. The van der Waals surface area contributed by atoms with E-state index in [1.54, 1.807) is 30.4 Å². The van der Waals surface area contributed by atoms with Crippen LogP contribution in [0.4, 0.5) is 5.82 Å². The first-order chi connectivity index (χ1) is 8.83. The zero-order chi connectivity index (χ0) is 12.4. The van der Waals surface area contributed by atoms with E-state index in [1.165, 1.54) is 6.33 Å². The Kier molecular flexibility index (Phi) is 2.81. The van der Waals surface area contributed by atoms with Crippen LogP contribution in [0.1, 0.15) is 5.56 Å². The lowest BCUT2D eigenvalue weighted by atomic mass is 10.3. The number of hydrogen-bond donors (Lipinski definition) is 2. The van der Waals surface area contributed by atoms with Crippen molar-refractivity contribution in [3.63, 3.8) is 0 Å². The van der Waals surface area contributed by atoms with Gasteiger partial charge in [0.1, 0.15) is 22.7 Å². The van der Waals surface area contributed by atoms with Gasteiger partial charge in [0, 0.05) is 11.9 Å². The highest BCUT2D eigenvalue weighted by Crippen LogP contribution is 2.25. The number of rotatable bonds is 3. The van der Waals surface area contributed by atoms with Gasteiger partial charge in [-0.2, -0.15) is 0 Å². The number of nitrogen functional groups attached to an aromatic ring is 1. The molecule has 0 unspecified atom stereocenters. The van der Waals surface area contributed by atoms with Crippen LogP contribution in [-0.4, -0.2) is 24.9 Å². The third-order valence-corrected chi connectivity index (χ3v) is 3.47. The highest BCUT2D eigenvalue weighted by atomic mass is 32.2. The van der Waals surface area contributed by atoms with E-state index < -0.39 is 0 Å². The predicted molar refractivity (Wildman–Crippen MR) is 69.9 cm³/mol. The maximum Gasteiger partial charge on any atom is 0.181 e. The Balaban J connectivity index is 1.80. The molecule has 0 spiro atoms. The number of H-pyrrole nitrogens is 1. The van der Waals surface area contributed by atoms with Gasteiger partial charge in [0.15, 0.2) is 5.65 Å². The summed E-state index contributed by atoms with van der Waals surface area (Å²) in [7, 11) is 0. The van der Waals surface area contributed by atoms with Gasteiger partial charge < -0.3 is 10.7 Å². The Bertz CT molecular complexity index is 663. The largest absolute Gasteiger partial charge is 0.384 e. The van der Waals surface area contributed by atoms with Gasteiger partial charge in [0.05, 0.1) is 6.33 Å². The predicted octanol–water partition coefficient (Wildman–Crippen LogP) is 1.62. The number of nitrogens with one attached hydrogen (secondary N) is 1. The molecule has 0 saturated carbocycles. The van der Waals surface area contributed by atoms with E-state index in [1.807, 2.05) is 6.07 Å². The van der Waals surface area contributed by atoms with Crippen LogP contribution in [0, 0.1) is 0 Å². The molecule has 0 aromatic carbocycles. The van der Waals surface area contributed by atoms with E-state index in [0.717, 1.165) is 21.9 Å². The minimum absolute atomic E-state index is 0.529. The standard InChI is InChI=1S/C11H10N6S/c12-8-2-1-7(3-13-8)4-18-11-9-10(15-5-14-9)16-6-17-11/h1-3,5-6H,4H2,(H2,12,13)(H,14,15,16,17). The lowest BCUT2D eigenvalue weighted by Crippen LogP contribution is -1.91. The van der Waals surface area contributed by atoms with Crippen LogP contribution in [0.5, 0.6) is 0 Å². The van der Waals surface area contributed by atoms with Crippen molar-refractivity contribution in [3.05, 3.63) is 36.5 Å². The van der Waals surface area contributed by atoms with Gasteiger partial charge in [0.25, 0.3) is 0 Å². The molecule has 3 aromatic rings. The molecule has 3 rings (SSSR count). The molecule has 3 heterocycles. The molecule has 7 heteroatoms. The molecule has 3 aromatic heterocycles. The summed E-state index contributed by atoms with van der Waals surface area (Å²) in [6.45, 7) is 0. The second-order valence-electron chi connectivity index (χ2n) is 3.66. The summed E-state index contributed by atoms with van der Waals surface area (Å²) < 4.78 is 0. The van der Waals surface area contributed by atoms with Crippen LogP contribution in [0.25, 0.3) is 11.2 Å². The number of hydrogen-bond acceptors (Lipinski definition) is 6. The van der Waals surface area contributed by atoms with Gasteiger partial charge >= 0.3 is 0 Å². The number of nitrogens with two attached hydrogens (primary N) is 1. The van der Waals surface area contributed by atoms with Crippen molar-refractivity contribution < 1.29 is 0 Å². The molecule has 0 atom stereocenters. The van der Waals surface area contributed by atoms with Crippen LogP contribution in [0.2, 0.25) is 0 Å². The topological polar surface area (TPSA) is 93.4 Å². The number of aromatic nitrogens is 5. The van der Waals surface area contributed by atoms with E-state index in [2.05, 4.69) is 24.9 Å². The number of pyridine rings is 1. The second kappa shape index (κ2) is 4.61. The summed E-state index contributed by atoms with van der Waals surface area (Å²) in [6.07, 6.45) is 4.91. The molecule has 6 nitrogen and oxygen atoms in total. The van der Waals surface area contributed by atoms with Gasteiger partial charge in [-0.1, -0.05) is 17.8 Å². The number of thioether (sulfide) groups is 1. The number of fused-ring (bicyclic) bond motifs is 1. The molecule has 0 aliphatic rings. The van der Waals surface area contributed by atoms with Crippen molar-refractivity contribution in [2.24, 2.45) is 0 Å². The molecule has 0 bridgehead atoms. The van der Waals surface area contributed by atoms with Crippen molar-refractivity contribution in [1.29, 1.82) is 0 Å². The van der Waals surface area contributed by atoms with Crippen LogP contribution in [0.3, 0.4) is 0 Å². The first-order valence-corrected chi connectivity index (χ1v) is 6.29. The molecule has 0 aliphatic carbocycles. The Hall–Kier alpha value is -2.15. The fourth-order valence-corrected chi connectivity index (χ4v) is 2.42. The highest BCUT2D eigenvalue weighted by Gasteiger charge is 2.06. The number of aromatic amines is 1. The number of anilines is 1. The van der Waals surface area contributed by atoms with Crippen molar-refractivity contribution in [2.45, 2.75) is 10.8 Å². The number of imidazole rings is 1. The molecular formula is C11H10N6S. The van der Waals surface area contributed by atoms with E-state index in [0.29, 0.717) is 11.5 Å². The summed E-state index contributed by atoms with van der Waals surface area (Å²) >= 11 is 1.61. The van der Waals surface area contributed by atoms with Gasteiger partial charge in [-0.25, -0.2) is 19.9 Å². The van der Waals surface area contributed by atoms with Crippen molar-refractivity contribution in [1.82, 2.24) is 24.9 Å². The summed E-state index contributed by atoms with van der Waals surface area (Å²) in [5, 5.41) is 0.884. The average Bonchev–Trinajstić information content (AvgIpc) is 2.87. The summed E-state index contributed by atoms with van der Waals surface area (Å²) in [5.74, 6) is 1.31. The number of nitrogens with zero attached hydrogens (tertiary/aromatic N) is 4. The smallest absolute Gasteiger partial charge is 0.181 e. The van der Waals surface area contributed by atoms with Gasteiger partial charge in [-0.15, -0.1) is 0 Å². The fourth-order valence-electron chi connectivity index (χ4n) is 1.53. The van der Waals surface area contributed by atoms with E-state index in [9.17, 15) is 0 Å². The van der Waals surface area contributed by atoms with Crippen LogP contribution < -0.4 is 5.73 Å². The molecule has 0 fully saturated rings. The van der Waals surface area contributed by atoms with Crippen LogP contribution >= 0.6 is 11.8 Å². The third-order valence-electron chi connectivity index (χ3n) is 2.41. The van der Waals surface area contributed by atoms with Gasteiger partial charge in [-0.3, -0.25) is 0 Å². The monoisotopic (exact) mass is 258 g/mol. The Morgan fingerprint density at radius 2 is 2.11 bits per heavy atom. The van der Waals surface area contributed by atoms with Crippen LogP contribution in [-0.2, 0) is 5.75 Å². The average molecular weight is 258 g/mol. The third kappa shape index (κ3) is 2.12. The minimum atomic E-state index is 0.529. The summed E-state index contributed by atoms with van der Waals surface area (Å²) in [4.78, 5) is 19.5. The van der Waals surface area contributed by atoms with Gasteiger partial charge in [0.2, 0.25) is 0 Å². The lowest BCUT2D eigenvalue weighted by molar-refractivity contribution is 1.08. The molecule has 18 heavy (non-hydrogen) atoms. The van der Waals surface area contributed by atoms with Crippen molar-refractivity contribution in [2.75, 3.05) is 5.73 Å². The summed E-state index contributed by atoms with van der Waals surface area (Å²) in [6, 6.07) is 3.75. The van der Waals surface area contributed by atoms with E-state index in [-0.39, 0.29) is 0 Å². The van der Waals surface area contributed by atoms with E-state index >= 15 is 0 Å². The summed E-state index contributed by atoms with van der Waals surface area (Å²) in [5.41, 5.74) is 8.19. The van der Waals surface area contributed by atoms with Crippen molar-refractivity contribution >= 4 is 28.7 Å². The first-order valence-electron chi connectivity index (χ1n) is 5.30. The highest BCUT2D eigenvalue weighted by molar-refractivity contribution is 7.98. The minimum Gasteiger partial charge on any atom is -0.384 e. The molecule has 90 valence electrons. The first kappa shape index (κ1) is 11.0. The normalized spacial score (nSPS) is 10.9. The van der Waals surface area contributed by atoms with Crippen molar-refractivity contribution in [3.8, 4) is 0 Å². The maximum atomic E-state index is 5.54. The van der Waals surface area contributed by atoms with E-state index in [4.69, 9.17) is 5.73 Å². The Labute approximate surface area is 107 Å². The fraction of sp³-hybridized carbons (Fsp3) is 0.0909.